The van der Waals surface area contributed by atoms with Crippen molar-refractivity contribution in [1.29, 1.82) is 0 Å². The van der Waals surface area contributed by atoms with Gasteiger partial charge >= 0.3 is 11.9 Å². The predicted octanol–water partition coefficient (Wildman–Crippen LogP) is 0.864. The zero-order valence-electron chi connectivity index (χ0n) is 11.2. The lowest BCUT2D eigenvalue weighted by Gasteiger charge is -2.12. The predicted molar refractivity (Wildman–Crippen MR) is 63.6 cm³/mol. The van der Waals surface area contributed by atoms with Gasteiger partial charge in [0, 0.05) is 6.61 Å². The van der Waals surface area contributed by atoms with Crippen LogP contribution in [0.25, 0.3) is 0 Å². The molecule has 106 valence electrons. The first kappa shape index (κ1) is 16.9. The van der Waals surface area contributed by atoms with E-state index in [4.69, 9.17) is 9.47 Å². The number of hydrogen-bond donors (Lipinski definition) is 1. The van der Waals surface area contributed by atoms with Gasteiger partial charge in [0.1, 0.15) is 0 Å². The van der Waals surface area contributed by atoms with Gasteiger partial charge in [-0.2, -0.15) is 0 Å². The molecule has 0 aromatic rings. The fourth-order valence-electron chi connectivity index (χ4n) is 1.18. The molecule has 0 fully saturated rings. The van der Waals surface area contributed by atoms with Crippen LogP contribution in [-0.2, 0) is 23.8 Å². The van der Waals surface area contributed by atoms with Crippen molar-refractivity contribution in [3.05, 3.63) is 0 Å². The molecule has 0 aromatic heterocycles. The second-order valence-corrected chi connectivity index (χ2v) is 3.96. The molecule has 6 heteroatoms. The lowest BCUT2D eigenvalue weighted by molar-refractivity contribution is -0.160. The molecule has 18 heavy (non-hydrogen) atoms. The van der Waals surface area contributed by atoms with E-state index in [1.807, 2.05) is 6.92 Å². The minimum absolute atomic E-state index is 0.121. The van der Waals surface area contributed by atoms with Crippen LogP contribution in [0, 0.1) is 5.92 Å². The SMILES string of the molecule is CCCOC(O)CC(=O)OCCC(C)C(=O)OC. The molecule has 6 nitrogen and oxygen atoms in total. The first-order chi connectivity index (χ1) is 8.51. The van der Waals surface area contributed by atoms with Crippen molar-refractivity contribution in [2.45, 2.75) is 39.4 Å². The van der Waals surface area contributed by atoms with Crippen molar-refractivity contribution in [1.82, 2.24) is 0 Å². The molecule has 0 saturated carbocycles. The third-order valence-electron chi connectivity index (χ3n) is 2.27. The van der Waals surface area contributed by atoms with Gasteiger partial charge in [0.2, 0.25) is 0 Å². The third-order valence-corrected chi connectivity index (χ3v) is 2.27. The number of rotatable bonds is 9. The monoisotopic (exact) mass is 262 g/mol. The molecule has 0 spiro atoms. The number of aliphatic hydroxyl groups excluding tert-OH is 1. The van der Waals surface area contributed by atoms with E-state index in [0.717, 1.165) is 6.42 Å². The minimum atomic E-state index is -1.13. The van der Waals surface area contributed by atoms with Crippen molar-refractivity contribution in [3.8, 4) is 0 Å². The molecular formula is C12H22O6. The first-order valence-corrected chi connectivity index (χ1v) is 6.04. The molecule has 0 rings (SSSR count). The van der Waals surface area contributed by atoms with Crippen LogP contribution < -0.4 is 0 Å². The standard InChI is InChI=1S/C12H22O6/c1-4-6-17-10(13)8-11(14)18-7-5-9(2)12(15)16-3/h9-10,13H,4-8H2,1-3H3. The molecule has 0 bridgehead atoms. The lowest BCUT2D eigenvalue weighted by atomic mass is 10.1. The summed E-state index contributed by atoms with van der Waals surface area (Å²) in [6.07, 6.45) is -0.171. The van der Waals surface area contributed by atoms with E-state index in [0.29, 0.717) is 13.0 Å². The highest BCUT2D eigenvalue weighted by molar-refractivity contribution is 5.72. The van der Waals surface area contributed by atoms with E-state index in [-0.39, 0.29) is 24.9 Å². The fraction of sp³-hybridized carbons (Fsp3) is 0.833. The number of esters is 2. The minimum Gasteiger partial charge on any atom is -0.469 e. The van der Waals surface area contributed by atoms with Gasteiger partial charge in [0.25, 0.3) is 0 Å². The van der Waals surface area contributed by atoms with Crippen LogP contribution in [0.2, 0.25) is 0 Å². The summed E-state index contributed by atoms with van der Waals surface area (Å²) in [4.78, 5) is 22.3. The Balaban J connectivity index is 3.67. The smallest absolute Gasteiger partial charge is 0.310 e. The van der Waals surface area contributed by atoms with Crippen LogP contribution in [0.3, 0.4) is 0 Å². The zero-order valence-corrected chi connectivity index (χ0v) is 11.2. The van der Waals surface area contributed by atoms with E-state index in [1.54, 1.807) is 6.92 Å². The molecular weight excluding hydrogens is 240 g/mol. The number of carbonyl (C=O) groups is 2. The maximum Gasteiger partial charge on any atom is 0.310 e. The average Bonchev–Trinajstić information content (AvgIpc) is 2.34. The van der Waals surface area contributed by atoms with E-state index < -0.39 is 12.3 Å². The van der Waals surface area contributed by atoms with Crippen molar-refractivity contribution in [2.24, 2.45) is 5.92 Å². The molecule has 0 radical (unpaired) electrons. The molecule has 2 atom stereocenters. The third kappa shape index (κ3) is 8.03. The molecule has 0 aliphatic carbocycles. The lowest BCUT2D eigenvalue weighted by Crippen LogP contribution is -2.21. The Hall–Kier alpha value is -1.14. The van der Waals surface area contributed by atoms with Gasteiger partial charge in [-0.05, 0) is 12.8 Å². The van der Waals surface area contributed by atoms with Gasteiger partial charge in [-0.1, -0.05) is 13.8 Å². The Morgan fingerprint density at radius 2 is 1.94 bits per heavy atom. The van der Waals surface area contributed by atoms with Crippen molar-refractivity contribution in [3.63, 3.8) is 0 Å². The molecule has 0 aromatic carbocycles. The molecule has 0 amide bonds. The molecule has 0 aliphatic rings. The van der Waals surface area contributed by atoms with Crippen LogP contribution in [0.4, 0.5) is 0 Å². The van der Waals surface area contributed by atoms with E-state index >= 15 is 0 Å². The Morgan fingerprint density at radius 1 is 1.28 bits per heavy atom. The highest BCUT2D eigenvalue weighted by Gasteiger charge is 2.15. The van der Waals surface area contributed by atoms with Crippen LogP contribution >= 0.6 is 0 Å². The summed E-state index contributed by atoms with van der Waals surface area (Å²) >= 11 is 0. The molecule has 1 N–H and O–H groups in total. The summed E-state index contributed by atoms with van der Waals surface area (Å²) in [7, 11) is 1.31. The van der Waals surface area contributed by atoms with E-state index in [2.05, 4.69) is 4.74 Å². The second-order valence-electron chi connectivity index (χ2n) is 3.96. The summed E-state index contributed by atoms with van der Waals surface area (Å²) in [5.41, 5.74) is 0. The summed E-state index contributed by atoms with van der Waals surface area (Å²) in [6.45, 7) is 4.11. The van der Waals surface area contributed by atoms with Gasteiger partial charge < -0.3 is 19.3 Å². The summed E-state index contributed by atoms with van der Waals surface area (Å²) in [6, 6.07) is 0. The van der Waals surface area contributed by atoms with Gasteiger partial charge in [-0.3, -0.25) is 9.59 Å². The van der Waals surface area contributed by atoms with Gasteiger partial charge in [-0.25, -0.2) is 0 Å². The summed E-state index contributed by atoms with van der Waals surface area (Å²) < 4.78 is 14.3. The normalized spacial score (nSPS) is 13.8. The van der Waals surface area contributed by atoms with Crippen LogP contribution in [0.1, 0.15) is 33.1 Å². The largest absolute Gasteiger partial charge is 0.469 e. The van der Waals surface area contributed by atoms with Crippen molar-refractivity contribution < 1.29 is 28.9 Å². The molecule has 0 heterocycles. The Labute approximate surface area is 107 Å². The molecule has 0 saturated heterocycles. The highest BCUT2D eigenvalue weighted by atomic mass is 16.6. The topological polar surface area (TPSA) is 82.1 Å². The number of aliphatic hydroxyl groups is 1. The van der Waals surface area contributed by atoms with Crippen LogP contribution in [-0.4, -0.2) is 43.7 Å². The Kier molecular flexibility index (Phi) is 9.22. The van der Waals surface area contributed by atoms with Crippen LogP contribution in [0.15, 0.2) is 0 Å². The van der Waals surface area contributed by atoms with Crippen molar-refractivity contribution in [2.75, 3.05) is 20.3 Å². The quantitative estimate of drug-likeness (QED) is 0.490. The van der Waals surface area contributed by atoms with Crippen LogP contribution in [0.5, 0.6) is 0 Å². The maximum atomic E-state index is 11.3. The second kappa shape index (κ2) is 9.85. The molecule has 2 unspecified atom stereocenters. The van der Waals surface area contributed by atoms with E-state index in [1.165, 1.54) is 7.11 Å². The average molecular weight is 262 g/mol. The number of methoxy groups -OCH3 is 1. The summed E-state index contributed by atoms with van der Waals surface area (Å²) in [5, 5.41) is 9.29. The van der Waals surface area contributed by atoms with Gasteiger partial charge in [-0.15, -0.1) is 0 Å². The van der Waals surface area contributed by atoms with Crippen molar-refractivity contribution >= 4 is 11.9 Å². The number of carbonyl (C=O) groups excluding carboxylic acids is 2. The highest BCUT2D eigenvalue weighted by Crippen LogP contribution is 2.05. The fourth-order valence-corrected chi connectivity index (χ4v) is 1.18. The zero-order chi connectivity index (χ0) is 14.0. The van der Waals surface area contributed by atoms with E-state index in [9.17, 15) is 14.7 Å². The Morgan fingerprint density at radius 3 is 2.50 bits per heavy atom. The maximum absolute atomic E-state index is 11.3. The summed E-state index contributed by atoms with van der Waals surface area (Å²) in [5.74, 6) is -1.20. The van der Waals surface area contributed by atoms with Gasteiger partial charge in [0.05, 0.1) is 26.1 Å². The number of hydrogen-bond acceptors (Lipinski definition) is 6. The van der Waals surface area contributed by atoms with Gasteiger partial charge in [0.15, 0.2) is 6.29 Å². The number of ether oxygens (including phenoxy) is 3. The first-order valence-electron chi connectivity index (χ1n) is 6.04. The molecule has 0 aliphatic heterocycles. The Bertz CT molecular complexity index is 253.